The minimum atomic E-state index is -0.168. The zero-order valence-corrected chi connectivity index (χ0v) is 15.5. The lowest BCUT2D eigenvalue weighted by atomic mass is 9.99. The molecule has 5 rings (SSSR count). The zero-order chi connectivity index (χ0) is 18.4. The Labute approximate surface area is 158 Å². The molecule has 1 aliphatic carbocycles. The molecule has 0 fully saturated rings. The highest BCUT2D eigenvalue weighted by molar-refractivity contribution is 5.86. The largest absolute Gasteiger partial charge is 0.478 e. The third kappa shape index (κ3) is 2.85. The minimum absolute atomic E-state index is 0.168. The van der Waals surface area contributed by atoms with Crippen molar-refractivity contribution in [3.05, 3.63) is 75.1 Å². The van der Waals surface area contributed by atoms with Crippen molar-refractivity contribution in [1.82, 2.24) is 4.90 Å². The van der Waals surface area contributed by atoms with Crippen LogP contribution in [0, 0.1) is 0 Å². The van der Waals surface area contributed by atoms with E-state index in [4.69, 9.17) is 9.15 Å². The molecule has 2 heterocycles. The van der Waals surface area contributed by atoms with Crippen LogP contribution in [0.15, 0.2) is 51.7 Å². The summed E-state index contributed by atoms with van der Waals surface area (Å²) < 4.78 is 11.8. The summed E-state index contributed by atoms with van der Waals surface area (Å²) in [7, 11) is 0. The van der Waals surface area contributed by atoms with E-state index >= 15 is 0 Å². The van der Waals surface area contributed by atoms with Crippen molar-refractivity contribution in [2.75, 3.05) is 13.3 Å². The molecule has 27 heavy (non-hydrogen) atoms. The van der Waals surface area contributed by atoms with Crippen molar-refractivity contribution in [3.63, 3.8) is 0 Å². The Hall–Kier alpha value is -2.59. The molecule has 4 heteroatoms. The van der Waals surface area contributed by atoms with Crippen LogP contribution in [0.2, 0.25) is 0 Å². The lowest BCUT2D eigenvalue weighted by molar-refractivity contribution is 0.0909. The van der Waals surface area contributed by atoms with Gasteiger partial charge >= 0.3 is 5.63 Å². The van der Waals surface area contributed by atoms with E-state index in [1.165, 1.54) is 11.1 Å². The van der Waals surface area contributed by atoms with Gasteiger partial charge in [-0.2, -0.15) is 0 Å². The van der Waals surface area contributed by atoms with E-state index in [-0.39, 0.29) is 5.63 Å². The van der Waals surface area contributed by atoms with Gasteiger partial charge in [-0.3, -0.25) is 4.90 Å². The third-order valence-electron chi connectivity index (χ3n) is 5.89. The van der Waals surface area contributed by atoms with Crippen LogP contribution in [0.1, 0.15) is 41.5 Å². The number of nitrogens with zero attached hydrogens (tertiary/aromatic N) is 1. The van der Waals surface area contributed by atoms with Crippen LogP contribution < -0.4 is 10.4 Å². The summed E-state index contributed by atoms with van der Waals surface area (Å²) in [6.45, 7) is 4.44. The van der Waals surface area contributed by atoms with Gasteiger partial charge in [0.25, 0.3) is 0 Å². The second-order valence-corrected chi connectivity index (χ2v) is 7.72. The highest BCUT2D eigenvalue weighted by Crippen LogP contribution is 2.36. The molecular formula is C23H23NO3. The van der Waals surface area contributed by atoms with Crippen molar-refractivity contribution in [2.45, 2.75) is 38.6 Å². The molecule has 1 atom stereocenters. The van der Waals surface area contributed by atoms with Crippen LogP contribution in [0.4, 0.5) is 0 Å². The fraction of sp³-hybridized carbons (Fsp3) is 0.348. The van der Waals surface area contributed by atoms with Crippen LogP contribution in [-0.2, 0) is 19.4 Å². The molecule has 138 valence electrons. The van der Waals surface area contributed by atoms with E-state index in [2.05, 4.69) is 42.2 Å². The SMILES string of the molecule is CC(CN1COc2ccc3c4c(c(=O)oc3c2C1)CCC4)c1ccccc1. The first-order chi connectivity index (χ1) is 13.2. The predicted octanol–water partition coefficient (Wildman–Crippen LogP) is 4.24. The quantitative estimate of drug-likeness (QED) is 0.655. The summed E-state index contributed by atoms with van der Waals surface area (Å²) in [5, 5.41) is 1.09. The lowest BCUT2D eigenvalue weighted by Crippen LogP contribution is -2.35. The molecule has 1 aliphatic heterocycles. The zero-order valence-electron chi connectivity index (χ0n) is 15.5. The molecule has 3 aromatic rings. The van der Waals surface area contributed by atoms with Gasteiger partial charge in [-0.05, 0) is 48.4 Å². The average Bonchev–Trinajstić information content (AvgIpc) is 3.19. The molecule has 1 unspecified atom stereocenters. The van der Waals surface area contributed by atoms with E-state index < -0.39 is 0 Å². The minimum Gasteiger partial charge on any atom is -0.478 e. The topological polar surface area (TPSA) is 42.7 Å². The molecule has 4 nitrogen and oxygen atoms in total. The van der Waals surface area contributed by atoms with Gasteiger partial charge < -0.3 is 9.15 Å². The number of rotatable bonds is 3. The van der Waals surface area contributed by atoms with Gasteiger partial charge in [-0.25, -0.2) is 4.79 Å². The smallest absolute Gasteiger partial charge is 0.339 e. The molecule has 0 spiro atoms. The van der Waals surface area contributed by atoms with Gasteiger partial charge in [0.05, 0.1) is 5.56 Å². The number of hydrogen-bond donors (Lipinski definition) is 0. The van der Waals surface area contributed by atoms with E-state index in [9.17, 15) is 4.79 Å². The van der Waals surface area contributed by atoms with Crippen molar-refractivity contribution < 1.29 is 9.15 Å². The monoisotopic (exact) mass is 361 g/mol. The normalized spacial score (nSPS) is 17.4. The Bertz CT molecular complexity index is 1050. The molecule has 0 radical (unpaired) electrons. The highest BCUT2D eigenvalue weighted by Gasteiger charge is 2.26. The van der Waals surface area contributed by atoms with E-state index in [0.717, 1.165) is 60.2 Å². The number of aryl methyl sites for hydroxylation is 1. The second-order valence-electron chi connectivity index (χ2n) is 7.72. The summed E-state index contributed by atoms with van der Waals surface area (Å²) in [6.07, 6.45) is 2.83. The average molecular weight is 361 g/mol. The first-order valence-electron chi connectivity index (χ1n) is 9.71. The second kappa shape index (κ2) is 6.54. The number of benzene rings is 2. The van der Waals surface area contributed by atoms with Crippen molar-refractivity contribution >= 4 is 11.0 Å². The number of hydrogen-bond acceptors (Lipinski definition) is 4. The van der Waals surface area contributed by atoms with Crippen LogP contribution >= 0.6 is 0 Å². The molecule has 0 amide bonds. The van der Waals surface area contributed by atoms with Crippen molar-refractivity contribution in [3.8, 4) is 5.75 Å². The first kappa shape index (κ1) is 16.6. The van der Waals surface area contributed by atoms with Crippen molar-refractivity contribution in [1.29, 1.82) is 0 Å². The Morgan fingerprint density at radius 1 is 1.04 bits per heavy atom. The van der Waals surface area contributed by atoms with Gasteiger partial charge in [0.2, 0.25) is 0 Å². The molecule has 0 saturated heterocycles. The maximum atomic E-state index is 12.4. The molecular weight excluding hydrogens is 338 g/mol. The Morgan fingerprint density at radius 2 is 1.85 bits per heavy atom. The van der Waals surface area contributed by atoms with Gasteiger partial charge in [0.15, 0.2) is 0 Å². The van der Waals surface area contributed by atoms with Crippen LogP contribution in [-0.4, -0.2) is 18.2 Å². The molecule has 0 saturated carbocycles. The molecule has 2 aromatic carbocycles. The Morgan fingerprint density at radius 3 is 2.70 bits per heavy atom. The third-order valence-corrected chi connectivity index (χ3v) is 5.89. The molecule has 1 aromatic heterocycles. The lowest BCUT2D eigenvalue weighted by Gasteiger charge is -2.31. The molecule has 0 bridgehead atoms. The maximum absolute atomic E-state index is 12.4. The van der Waals surface area contributed by atoms with Crippen LogP contribution in [0.5, 0.6) is 5.75 Å². The fourth-order valence-electron chi connectivity index (χ4n) is 4.49. The summed E-state index contributed by atoms with van der Waals surface area (Å²) in [5.41, 5.74) is 4.93. The summed E-state index contributed by atoms with van der Waals surface area (Å²) in [6, 6.07) is 14.6. The van der Waals surface area contributed by atoms with Gasteiger partial charge in [-0.1, -0.05) is 37.3 Å². The van der Waals surface area contributed by atoms with E-state index in [1.54, 1.807) is 0 Å². The van der Waals surface area contributed by atoms with Gasteiger partial charge in [0, 0.05) is 24.0 Å². The summed E-state index contributed by atoms with van der Waals surface area (Å²) in [5.74, 6) is 1.25. The summed E-state index contributed by atoms with van der Waals surface area (Å²) >= 11 is 0. The standard InChI is InChI=1S/C23H23NO3/c1-15(16-6-3-2-4-7-16)12-24-13-20-21(26-14-24)11-10-18-17-8-5-9-19(17)23(25)27-22(18)20/h2-4,6-7,10-11,15H,5,8-9,12-14H2,1H3. The number of ether oxygens (including phenoxy) is 1. The highest BCUT2D eigenvalue weighted by atomic mass is 16.5. The maximum Gasteiger partial charge on any atom is 0.339 e. The van der Waals surface area contributed by atoms with Crippen LogP contribution in [0.25, 0.3) is 11.0 Å². The van der Waals surface area contributed by atoms with Gasteiger partial charge in [-0.15, -0.1) is 0 Å². The van der Waals surface area contributed by atoms with Gasteiger partial charge in [0.1, 0.15) is 18.1 Å². The van der Waals surface area contributed by atoms with E-state index in [0.29, 0.717) is 12.6 Å². The van der Waals surface area contributed by atoms with Crippen molar-refractivity contribution in [2.24, 2.45) is 0 Å². The van der Waals surface area contributed by atoms with Crippen LogP contribution in [0.3, 0.4) is 0 Å². The first-order valence-corrected chi connectivity index (χ1v) is 9.71. The number of fused-ring (bicyclic) bond motifs is 5. The van der Waals surface area contributed by atoms with E-state index in [1.807, 2.05) is 12.1 Å². The fourth-order valence-corrected chi connectivity index (χ4v) is 4.49. The molecule has 0 N–H and O–H groups in total. The predicted molar refractivity (Wildman–Crippen MR) is 105 cm³/mol. The Balaban J connectivity index is 1.49. The summed E-state index contributed by atoms with van der Waals surface area (Å²) in [4.78, 5) is 14.7. The Kier molecular flexibility index (Phi) is 4.01. The molecule has 2 aliphatic rings.